The molecule has 0 aliphatic carbocycles. The molecule has 1 aliphatic rings. The first-order chi connectivity index (χ1) is 12.4. The van der Waals surface area contributed by atoms with Gasteiger partial charge in [-0.2, -0.15) is 0 Å². The van der Waals surface area contributed by atoms with Crippen LogP contribution in [0.5, 0.6) is 5.75 Å². The van der Waals surface area contributed by atoms with Crippen LogP contribution in [0.1, 0.15) is 43.7 Å². The first-order valence-corrected chi connectivity index (χ1v) is 10.2. The molecule has 1 aliphatic heterocycles. The summed E-state index contributed by atoms with van der Waals surface area (Å²) in [4.78, 5) is 15.2. The number of nitrogens with zero attached hydrogens (tertiary/aromatic N) is 1. The maximum atomic E-state index is 13.2. The highest BCUT2D eigenvalue weighted by Crippen LogP contribution is 2.35. The molecule has 0 unspecified atom stereocenters. The lowest BCUT2D eigenvalue weighted by atomic mass is 9.81. The Morgan fingerprint density at radius 2 is 1.69 bits per heavy atom. The number of likely N-dealkylation sites (tertiary alicyclic amines) is 1. The largest absolute Gasteiger partial charge is 0.496 e. The second kappa shape index (κ2) is 7.99. The standard InChI is InChI=1S/C22H26INO2/c1-22(2,17-8-10-18(23)11-9-17)21(25)24-14-12-16(13-15-24)19-6-4-5-7-20(19)26-3/h4-11,16H,12-15H2,1-3H3. The SMILES string of the molecule is COc1ccccc1C1CCN(C(=O)C(C)(C)c2ccc(I)cc2)CC1. The van der Waals surface area contributed by atoms with Crippen molar-refractivity contribution in [2.24, 2.45) is 0 Å². The van der Waals surface area contributed by atoms with Gasteiger partial charge in [-0.1, -0.05) is 30.3 Å². The fourth-order valence-electron chi connectivity index (χ4n) is 3.78. The molecule has 138 valence electrons. The maximum absolute atomic E-state index is 13.2. The van der Waals surface area contributed by atoms with Gasteiger partial charge in [0.05, 0.1) is 12.5 Å². The average molecular weight is 463 g/mol. The Morgan fingerprint density at radius 1 is 1.08 bits per heavy atom. The molecular formula is C22H26INO2. The first kappa shape index (κ1) is 19.2. The van der Waals surface area contributed by atoms with Gasteiger partial charge in [-0.3, -0.25) is 4.79 Å². The van der Waals surface area contributed by atoms with Crippen LogP contribution in [0.15, 0.2) is 48.5 Å². The zero-order valence-electron chi connectivity index (χ0n) is 15.7. The van der Waals surface area contributed by atoms with Gasteiger partial charge >= 0.3 is 0 Å². The van der Waals surface area contributed by atoms with E-state index >= 15 is 0 Å². The van der Waals surface area contributed by atoms with Crippen LogP contribution in [0.25, 0.3) is 0 Å². The van der Waals surface area contributed by atoms with Gasteiger partial charge in [0.1, 0.15) is 5.75 Å². The van der Waals surface area contributed by atoms with E-state index in [0.717, 1.165) is 37.2 Å². The quantitative estimate of drug-likeness (QED) is 0.599. The number of amides is 1. The lowest BCUT2D eigenvalue weighted by Crippen LogP contribution is -2.46. The van der Waals surface area contributed by atoms with Gasteiger partial charge < -0.3 is 9.64 Å². The highest BCUT2D eigenvalue weighted by atomic mass is 127. The fourth-order valence-corrected chi connectivity index (χ4v) is 4.14. The van der Waals surface area contributed by atoms with Gasteiger partial charge in [0, 0.05) is 16.7 Å². The third-order valence-corrected chi connectivity index (χ3v) is 6.18. The van der Waals surface area contributed by atoms with Crippen molar-refractivity contribution in [3.05, 3.63) is 63.2 Å². The van der Waals surface area contributed by atoms with E-state index in [0.29, 0.717) is 5.92 Å². The summed E-state index contributed by atoms with van der Waals surface area (Å²) in [5.41, 5.74) is 1.84. The molecule has 26 heavy (non-hydrogen) atoms. The number of para-hydroxylation sites is 1. The molecule has 0 saturated carbocycles. The number of rotatable bonds is 4. The number of ether oxygens (including phenoxy) is 1. The normalized spacial score (nSPS) is 15.8. The molecule has 0 aromatic heterocycles. The molecule has 3 rings (SSSR count). The van der Waals surface area contributed by atoms with E-state index in [4.69, 9.17) is 4.74 Å². The van der Waals surface area contributed by atoms with Crippen molar-refractivity contribution in [2.45, 2.75) is 38.0 Å². The Kier molecular flexibility index (Phi) is 5.90. The van der Waals surface area contributed by atoms with E-state index < -0.39 is 5.41 Å². The molecule has 4 heteroatoms. The lowest BCUT2D eigenvalue weighted by molar-refractivity contribution is -0.137. The average Bonchev–Trinajstić information content (AvgIpc) is 2.68. The molecule has 0 bridgehead atoms. The Hall–Kier alpha value is -1.56. The first-order valence-electron chi connectivity index (χ1n) is 9.12. The van der Waals surface area contributed by atoms with Crippen LogP contribution in [0.2, 0.25) is 0 Å². The highest BCUT2D eigenvalue weighted by molar-refractivity contribution is 14.1. The van der Waals surface area contributed by atoms with Crippen LogP contribution >= 0.6 is 22.6 Å². The number of hydrogen-bond acceptors (Lipinski definition) is 2. The van der Waals surface area contributed by atoms with Crippen molar-refractivity contribution >= 4 is 28.5 Å². The van der Waals surface area contributed by atoms with Gasteiger partial charge in [-0.05, 0) is 84.5 Å². The van der Waals surface area contributed by atoms with E-state index in [9.17, 15) is 4.79 Å². The monoisotopic (exact) mass is 463 g/mol. The predicted octanol–water partition coefficient (Wildman–Crippen LogP) is 4.98. The minimum absolute atomic E-state index is 0.220. The van der Waals surface area contributed by atoms with Crippen LogP contribution in [-0.2, 0) is 10.2 Å². The van der Waals surface area contributed by atoms with Gasteiger partial charge in [0.25, 0.3) is 0 Å². The number of carbonyl (C=O) groups is 1. The summed E-state index contributed by atoms with van der Waals surface area (Å²) in [5, 5.41) is 0. The van der Waals surface area contributed by atoms with E-state index in [1.807, 2.05) is 30.9 Å². The maximum Gasteiger partial charge on any atom is 0.232 e. The fraction of sp³-hybridized carbons (Fsp3) is 0.409. The Labute approximate surface area is 169 Å². The van der Waals surface area contributed by atoms with Crippen LogP contribution in [0.4, 0.5) is 0 Å². The van der Waals surface area contributed by atoms with Crippen molar-refractivity contribution in [2.75, 3.05) is 20.2 Å². The molecule has 1 amide bonds. The van der Waals surface area contributed by atoms with Gasteiger partial charge in [0.15, 0.2) is 0 Å². The van der Waals surface area contributed by atoms with Gasteiger partial charge in [-0.25, -0.2) is 0 Å². The zero-order chi connectivity index (χ0) is 18.7. The number of benzene rings is 2. The Balaban J connectivity index is 1.69. The summed E-state index contributed by atoms with van der Waals surface area (Å²) in [5.74, 6) is 1.63. The molecule has 0 spiro atoms. The van der Waals surface area contributed by atoms with E-state index in [1.165, 1.54) is 9.13 Å². The molecule has 2 aromatic rings. The molecule has 1 fully saturated rings. The molecule has 0 radical (unpaired) electrons. The summed E-state index contributed by atoms with van der Waals surface area (Å²) in [6.07, 6.45) is 1.96. The van der Waals surface area contributed by atoms with Crippen LogP contribution < -0.4 is 4.74 Å². The number of piperidine rings is 1. The number of hydrogen-bond donors (Lipinski definition) is 0. The number of halogens is 1. The summed E-state index contributed by atoms with van der Waals surface area (Å²) in [7, 11) is 1.72. The minimum Gasteiger partial charge on any atom is -0.496 e. The van der Waals surface area contributed by atoms with Crippen LogP contribution in [-0.4, -0.2) is 31.0 Å². The summed E-state index contributed by atoms with van der Waals surface area (Å²) >= 11 is 2.29. The molecule has 3 nitrogen and oxygen atoms in total. The van der Waals surface area contributed by atoms with Crippen LogP contribution in [0.3, 0.4) is 0 Å². The predicted molar refractivity (Wildman–Crippen MR) is 114 cm³/mol. The number of carbonyl (C=O) groups excluding carboxylic acids is 1. The van der Waals surface area contributed by atoms with Crippen molar-refractivity contribution in [3.8, 4) is 5.75 Å². The van der Waals surface area contributed by atoms with Gasteiger partial charge in [0.2, 0.25) is 5.91 Å². The zero-order valence-corrected chi connectivity index (χ0v) is 17.8. The van der Waals surface area contributed by atoms with Crippen molar-refractivity contribution < 1.29 is 9.53 Å². The number of methoxy groups -OCH3 is 1. The molecule has 1 heterocycles. The Bertz CT molecular complexity index is 762. The third kappa shape index (κ3) is 3.90. The molecule has 0 N–H and O–H groups in total. The summed E-state index contributed by atoms with van der Waals surface area (Å²) in [6, 6.07) is 16.5. The molecule has 2 aromatic carbocycles. The minimum atomic E-state index is -0.498. The highest BCUT2D eigenvalue weighted by Gasteiger charge is 2.35. The van der Waals surface area contributed by atoms with Gasteiger partial charge in [-0.15, -0.1) is 0 Å². The lowest BCUT2D eigenvalue weighted by Gasteiger charge is -2.37. The van der Waals surface area contributed by atoms with E-state index in [1.54, 1.807) is 7.11 Å². The van der Waals surface area contributed by atoms with Crippen LogP contribution in [0, 0.1) is 3.57 Å². The van der Waals surface area contributed by atoms with E-state index in [-0.39, 0.29) is 5.91 Å². The van der Waals surface area contributed by atoms with Crippen molar-refractivity contribution in [1.29, 1.82) is 0 Å². The smallest absolute Gasteiger partial charge is 0.232 e. The Morgan fingerprint density at radius 3 is 2.31 bits per heavy atom. The topological polar surface area (TPSA) is 29.5 Å². The molecule has 1 saturated heterocycles. The second-order valence-electron chi connectivity index (χ2n) is 7.44. The molecule has 0 atom stereocenters. The second-order valence-corrected chi connectivity index (χ2v) is 8.69. The van der Waals surface area contributed by atoms with Crippen molar-refractivity contribution in [1.82, 2.24) is 4.90 Å². The summed E-state index contributed by atoms with van der Waals surface area (Å²) < 4.78 is 6.70. The van der Waals surface area contributed by atoms with Crippen molar-refractivity contribution in [3.63, 3.8) is 0 Å². The third-order valence-electron chi connectivity index (χ3n) is 5.46. The molecular weight excluding hydrogens is 437 g/mol. The summed E-state index contributed by atoms with van der Waals surface area (Å²) in [6.45, 7) is 5.67. The van der Waals surface area contributed by atoms with E-state index in [2.05, 4.69) is 59.0 Å².